The van der Waals surface area contributed by atoms with E-state index in [1.807, 2.05) is 74.8 Å². The lowest BCUT2D eigenvalue weighted by Gasteiger charge is -2.28. The molecule has 4 heteroatoms. The van der Waals surface area contributed by atoms with Crippen molar-refractivity contribution in [3.63, 3.8) is 0 Å². The Kier molecular flexibility index (Phi) is 4.95. The van der Waals surface area contributed by atoms with E-state index in [1.165, 1.54) is 0 Å². The second kappa shape index (κ2) is 6.90. The first-order chi connectivity index (χ1) is 10.1. The monoisotopic (exact) mass is 284 g/mol. The molecular formula is C17H20N2O2. The lowest BCUT2D eigenvalue weighted by Crippen LogP contribution is -2.48. The Balaban J connectivity index is 2.16. The van der Waals surface area contributed by atoms with Crippen LogP contribution in [0.25, 0.3) is 0 Å². The van der Waals surface area contributed by atoms with Gasteiger partial charge in [0.15, 0.2) is 0 Å². The first-order valence-electron chi connectivity index (χ1n) is 6.80. The van der Waals surface area contributed by atoms with Crippen molar-refractivity contribution in [3.8, 4) is 5.75 Å². The third-order valence-electron chi connectivity index (χ3n) is 3.15. The predicted molar refractivity (Wildman–Crippen MR) is 84.4 cm³/mol. The molecule has 4 nitrogen and oxygen atoms in total. The molecule has 2 aromatic carbocycles. The first-order valence-corrected chi connectivity index (χ1v) is 6.80. The van der Waals surface area contributed by atoms with E-state index in [-0.39, 0.29) is 5.91 Å². The van der Waals surface area contributed by atoms with Gasteiger partial charge < -0.3 is 9.64 Å². The summed E-state index contributed by atoms with van der Waals surface area (Å²) in [5, 5.41) is 0. The lowest BCUT2D eigenvalue weighted by molar-refractivity contribution is -0.131. The highest BCUT2D eigenvalue weighted by atomic mass is 16.5. The van der Waals surface area contributed by atoms with E-state index < -0.39 is 6.23 Å². The van der Waals surface area contributed by atoms with Crippen LogP contribution in [0.5, 0.6) is 5.75 Å². The van der Waals surface area contributed by atoms with Crippen LogP contribution in [0.1, 0.15) is 0 Å². The summed E-state index contributed by atoms with van der Waals surface area (Å²) >= 11 is 0. The molecule has 0 saturated carbocycles. The van der Waals surface area contributed by atoms with Crippen LogP contribution < -0.4 is 9.64 Å². The summed E-state index contributed by atoms with van der Waals surface area (Å²) in [5.74, 6) is 0.557. The molecule has 21 heavy (non-hydrogen) atoms. The van der Waals surface area contributed by atoms with Crippen molar-refractivity contribution in [2.75, 3.05) is 26.0 Å². The Hall–Kier alpha value is -2.33. The average Bonchev–Trinajstić information content (AvgIpc) is 2.53. The number of nitrogens with zero attached hydrogens (tertiary/aromatic N) is 2. The average molecular weight is 284 g/mol. The summed E-state index contributed by atoms with van der Waals surface area (Å²) in [5.41, 5.74) is 0.839. The van der Waals surface area contributed by atoms with Crippen LogP contribution in [-0.4, -0.2) is 38.2 Å². The summed E-state index contributed by atoms with van der Waals surface area (Å²) in [6, 6.07) is 18.9. The molecule has 1 amide bonds. The molecule has 0 radical (unpaired) electrons. The van der Waals surface area contributed by atoms with Gasteiger partial charge in [0.05, 0.1) is 0 Å². The van der Waals surface area contributed by atoms with Crippen LogP contribution in [0.4, 0.5) is 5.69 Å². The topological polar surface area (TPSA) is 32.8 Å². The van der Waals surface area contributed by atoms with E-state index >= 15 is 0 Å². The van der Waals surface area contributed by atoms with Crippen LogP contribution in [-0.2, 0) is 4.79 Å². The van der Waals surface area contributed by atoms with Gasteiger partial charge in [-0.1, -0.05) is 36.4 Å². The zero-order valence-corrected chi connectivity index (χ0v) is 12.6. The van der Waals surface area contributed by atoms with Gasteiger partial charge in [0.25, 0.3) is 5.91 Å². The Labute approximate surface area is 125 Å². The minimum absolute atomic E-state index is 0.116. The van der Waals surface area contributed by atoms with E-state index in [0.717, 1.165) is 5.69 Å². The number of carbonyl (C=O) groups is 1. The molecular weight excluding hydrogens is 264 g/mol. The smallest absolute Gasteiger partial charge is 0.283 e. The van der Waals surface area contributed by atoms with Crippen molar-refractivity contribution in [1.82, 2.24) is 4.90 Å². The Morgan fingerprint density at radius 1 is 0.905 bits per heavy atom. The highest BCUT2D eigenvalue weighted by Gasteiger charge is 2.26. The summed E-state index contributed by atoms with van der Waals surface area (Å²) in [6.45, 7) is 0. The number of hydrogen-bond donors (Lipinski definition) is 0. The van der Waals surface area contributed by atoms with Gasteiger partial charge in [-0.2, -0.15) is 0 Å². The Morgan fingerprint density at radius 3 is 1.95 bits per heavy atom. The van der Waals surface area contributed by atoms with Gasteiger partial charge in [-0.15, -0.1) is 0 Å². The largest absolute Gasteiger partial charge is 0.466 e. The highest BCUT2D eigenvalue weighted by Crippen LogP contribution is 2.17. The molecule has 110 valence electrons. The van der Waals surface area contributed by atoms with Crippen molar-refractivity contribution in [1.29, 1.82) is 0 Å². The van der Waals surface area contributed by atoms with Gasteiger partial charge in [0.1, 0.15) is 5.75 Å². The van der Waals surface area contributed by atoms with Gasteiger partial charge >= 0.3 is 0 Å². The molecule has 0 N–H and O–H groups in total. The van der Waals surface area contributed by atoms with Crippen molar-refractivity contribution in [2.45, 2.75) is 6.23 Å². The van der Waals surface area contributed by atoms with Crippen molar-refractivity contribution >= 4 is 11.6 Å². The number of ether oxygens (including phenoxy) is 1. The molecule has 1 unspecified atom stereocenters. The maximum absolute atomic E-state index is 12.6. The number of amides is 1. The van der Waals surface area contributed by atoms with E-state index in [4.69, 9.17) is 4.74 Å². The number of rotatable bonds is 5. The molecule has 0 saturated heterocycles. The standard InChI is InChI=1S/C17H20N2O2/c1-18(2)17(21-15-12-8-5-9-13-15)16(20)19(3)14-10-6-4-7-11-14/h4-13,17H,1-3H3. The summed E-state index contributed by atoms with van der Waals surface area (Å²) in [4.78, 5) is 16.0. The molecule has 0 spiro atoms. The summed E-state index contributed by atoms with van der Waals surface area (Å²) < 4.78 is 5.82. The molecule has 0 aliphatic rings. The molecule has 0 bridgehead atoms. The third kappa shape index (κ3) is 3.83. The number of anilines is 1. The first kappa shape index (κ1) is 15.1. The van der Waals surface area contributed by atoms with E-state index in [0.29, 0.717) is 5.75 Å². The van der Waals surface area contributed by atoms with Crippen molar-refractivity contribution < 1.29 is 9.53 Å². The number of para-hydroxylation sites is 2. The summed E-state index contributed by atoms with van der Waals surface area (Å²) in [7, 11) is 5.40. The zero-order chi connectivity index (χ0) is 15.2. The van der Waals surface area contributed by atoms with Gasteiger partial charge in [0, 0.05) is 12.7 Å². The van der Waals surface area contributed by atoms with E-state index in [1.54, 1.807) is 16.8 Å². The van der Waals surface area contributed by atoms with Crippen LogP contribution >= 0.6 is 0 Å². The third-order valence-corrected chi connectivity index (χ3v) is 3.15. The fraction of sp³-hybridized carbons (Fsp3) is 0.235. The van der Waals surface area contributed by atoms with Crippen molar-refractivity contribution in [3.05, 3.63) is 60.7 Å². The normalized spacial score (nSPS) is 12.0. The predicted octanol–water partition coefficient (Wildman–Crippen LogP) is 2.62. The SMILES string of the molecule is CN(C(=O)C(Oc1ccccc1)N(C)C)c1ccccc1. The van der Waals surface area contributed by atoms with Gasteiger partial charge in [0.2, 0.25) is 6.23 Å². The Morgan fingerprint density at radius 2 is 1.43 bits per heavy atom. The molecule has 0 heterocycles. The fourth-order valence-corrected chi connectivity index (χ4v) is 1.95. The second-order valence-electron chi connectivity index (χ2n) is 4.98. The molecule has 2 rings (SSSR count). The van der Waals surface area contributed by atoms with Crippen LogP contribution in [0.15, 0.2) is 60.7 Å². The van der Waals surface area contributed by atoms with Crippen LogP contribution in [0, 0.1) is 0 Å². The Bertz CT molecular complexity index is 570. The molecule has 0 aliphatic heterocycles. The molecule has 2 aromatic rings. The zero-order valence-electron chi connectivity index (χ0n) is 12.6. The fourth-order valence-electron chi connectivity index (χ4n) is 1.95. The molecule has 0 aliphatic carbocycles. The van der Waals surface area contributed by atoms with Crippen LogP contribution in [0.2, 0.25) is 0 Å². The van der Waals surface area contributed by atoms with Gasteiger partial charge in [-0.3, -0.25) is 9.69 Å². The second-order valence-corrected chi connectivity index (χ2v) is 4.98. The number of likely N-dealkylation sites (N-methyl/N-ethyl adjacent to an activating group) is 2. The number of benzene rings is 2. The maximum Gasteiger partial charge on any atom is 0.283 e. The summed E-state index contributed by atoms with van der Waals surface area (Å²) in [6.07, 6.45) is -0.669. The molecule has 0 fully saturated rings. The van der Waals surface area contributed by atoms with Crippen LogP contribution in [0.3, 0.4) is 0 Å². The van der Waals surface area contributed by atoms with E-state index in [2.05, 4.69) is 0 Å². The van der Waals surface area contributed by atoms with Crippen molar-refractivity contribution in [2.24, 2.45) is 0 Å². The minimum atomic E-state index is -0.669. The van der Waals surface area contributed by atoms with E-state index in [9.17, 15) is 4.79 Å². The van der Waals surface area contributed by atoms with Gasteiger partial charge in [-0.05, 0) is 38.4 Å². The molecule has 0 aromatic heterocycles. The minimum Gasteiger partial charge on any atom is -0.466 e. The molecule has 1 atom stereocenters. The quantitative estimate of drug-likeness (QED) is 0.791. The maximum atomic E-state index is 12.6. The van der Waals surface area contributed by atoms with Gasteiger partial charge in [-0.25, -0.2) is 0 Å². The number of carbonyl (C=O) groups excluding carboxylic acids is 1. The number of hydrogen-bond acceptors (Lipinski definition) is 3. The lowest BCUT2D eigenvalue weighted by atomic mass is 10.3. The highest BCUT2D eigenvalue weighted by molar-refractivity contribution is 5.95.